The maximum absolute atomic E-state index is 13.4. The molecule has 29 heavy (non-hydrogen) atoms. The van der Waals surface area contributed by atoms with Gasteiger partial charge in [-0.1, -0.05) is 54.0 Å². The van der Waals surface area contributed by atoms with Crippen LogP contribution in [0.1, 0.15) is 54.1 Å². The van der Waals surface area contributed by atoms with Gasteiger partial charge in [0, 0.05) is 44.8 Å². The molecule has 1 aliphatic heterocycles. The van der Waals surface area contributed by atoms with Gasteiger partial charge in [0.15, 0.2) is 5.78 Å². The highest BCUT2D eigenvalue weighted by Crippen LogP contribution is 2.53. The molecule has 3 aliphatic rings. The molecule has 1 unspecified atom stereocenters. The van der Waals surface area contributed by atoms with Crippen molar-refractivity contribution in [3.05, 3.63) is 69.2 Å². The third-order valence-corrected chi connectivity index (χ3v) is 6.66. The van der Waals surface area contributed by atoms with Gasteiger partial charge in [-0.2, -0.15) is 0 Å². The lowest BCUT2D eigenvalue weighted by atomic mass is 9.63. The van der Waals surface area contributed by atoms with E-state index < -0.39 is 11.8 Å². The molecular formula is C24H20BrNO3. The van der Waals surface area contributed by atoms with E-state index in [0.29, 0.717) is 35.2 Å². The molecule has 0 radical (unpaired) electrons. The van der Waals surface area contributed by atoms with Crippen LogP contribution >= 0.6 is 15.9 Å². The van der Waals surface area contributed by atoms with Crippen LogP contribution in [-0.4, -0.2) is 22.4 Å². The van der Waals surface area contributed by atoms with E-state index in [4.69, 9.17) is 4.99 Å². The largest absolute Gasteiger partial charge is 0.508 e. The summed E-state index contributed by atoms with van der Waals surface area (Å²) >= 11 is 3.47. The Morgan fingerprint density at radius 3 is 2.52 bits per heavy atom. The minimum atomic E-state index is -0.529. The zero-order chi connectivity index (χ0) is 20.5. The first-order chi connectivity index (χ1) is 13.8. The highest BCUT2D eigenvalue weighted by Gasteiger charge is 2.50. The summed E-state index contributed by atoms with van der Waals surface area (Å²) in [5, 5.41) is 10.7. The van der Waals surface area contributed by atoms with Crippen LogP contribution in [0.3, 0.4) is 0 Å². The smallest absolute Gasteiger partial charge is 0.192 e. The summed E-state index contributed by atoms with van der Waals surface area (Å²) in [6.45, 7) is 4.15. The zero-order valence-electron chi connectivity index (χ0n) is 16.2. The van der Waals surface area contributed by atoms with Gasteiger partial charge in [-0.05, 0) is 30.0 Å². The van der Waals surface area contributed by atoms with Gasteiger partial charge in [0.2, 0.25) is 0 Å². The fourth-order valence-corrected chi connectivity index (χ4v) is 5.41. The van der Waals surface area contributed by atoms with E-state index in [1.54, 1.807) is 12.1 Å². The molecule has 5 rings (SSSR count). The Morgan fingerprint density at radius 1 is 1.03 bits per heavy atom. The Hall–Kier alpha value is -2.53. The number of halogens is 1. The highest BCUT2D eigenvalue weighted by molar-refractivity contribution is 9.10. The average Bonchev–Trinajstić information content (AvgIpc) is 2.94. The molecule has 146 valence electrons. The predicted molar refractivity (Wildman–Crippen MR) is 115 cm³/mol. The van der Waals surface area contributed by atoms with Crippen molar-refractivity contribution in [3.63, 3.8) is 0 Å². The van der Waals surface area contributed by atoms with Gasteiger partial charge >= 0.3 is 0 Å². The second-order valence-electron chi connectivity index (χ2n) is 8.88. The topological polar surface area (TPSA) is 66.7 Å². The van der Waals surface area contributed by atoms with Crippen LogP contribution in [0.15, 0.2) is 57.5 Å². The van der Waals surface area contributed by atoms with Crippen molar-refractivity contribution < 1.29 is 14.7 Å². The van der Waals surface area contributed by atoms with Gasteiger partial charge in [-0.3, -0.25) is 14.6 Å². The van der Waals surface area contributed by atoms with Gasteiger partial charge in [-0.25, -0.2) is 0 Å². The van der Waals surface area contributed by atoms with Gasteiger partial charge in [0.25, 0.3) is 0 Å². The second kappa shape index (κ2) is 6.23. The van der Waals surface area contributed by atoms with Crippen molar-refractivity contribution in [3.8, 4) is 5.75 Å². The molecule has 0 saturated heterocycles. The molecule has 1 heterocycles. The summed E-state index contributed by atoms with van der Waals surface area (Å²) in [6, 6.07) is 12.6. The molecule has 2 aliphatic carbocycles. The molecular weight excluding hydrogens is 430 g/mol. The molecule has 4 nitrogen and oxygen atoms in total. The molecule has 2 atom stereocenters. The van der Waals surface area contributed by atoms with Crippen molar-refractivity contribution in [2.24, 2.45) is 16.3 Å². The molecule has 5 heteroatoms. The van der Waals surface area contributed by atoms with E-state index in [0.717, 1.165) is 15.7 Å². The number of phenolic OH excluding ortho intramolecular Hbond substituents is 1. The van der Waals surface area contributed by atoms with Crippen molar-refractivity contribution in [2.45, 2.75) is 32.6 Å². The van der Waals surface area contributed by atoms with Crippen LogP contribution < -0.4 is 0 Å². The lowest BCUT2D eigenvalue weighted by Crippen LogP contribution is -2.43. The Morgan fingerprint density at radius 2 is 1.76 bits per heavy atom. The lowest BCUT2D eigenvalue weighted by molar-refractivity contribution is -0.124. The number of aliphatic imine (C=N–C) groups is 1. The summed E-state index contributed by atoms with van der Waals surface area (Å²) in [4.78, 5) is 31.6. The maximum atomic E-state index is 13.4. The number of allylic oxidation sites excluding steroid dienone is 1. The Balaban J connectivity index is 1.79. The van der Waals surface area contributed by atoms with E-state index in [1.807, 2.05) is 30.3 Å². The van der Waals surface area contributed by atoms with Crippen molar-refractivity contribution in [1.29, 1.82) is 0 Å². The van der Waals surface area contributed by atoms with Crippen LogP contribution in [0, 0.1) is 11.3 Å². The number of ketones is 2. The van der Waals surface area contributed by atoms with Crippen LogP contribution in [0.2, 0.25) is 0 Å². The summed E-state index contributed by atoms with van der Waals surface area (Å²) in [6.07, 6.45) is 1.13. The monoisotopic (exact) mass is 449 g/mol. The zero-order valence-corrected chi connectivity index (χ0v) is 17.8. The first-order valence-electron chi connectivity index (χ1n) is 9.74. The lowest BCUT2D eigenvalue weighted by Gasteiger charge is -2.40. The van der Waals surface area contributed by atoms with Crippen LogP contribution in [-0.2, 0) is 4.79 Å². The predicted octanol–water partition coefficient (Wildman–Crippen LogP) is 5.31. The summed E-state index contributed by atoms with van der Waals surface area (Å²) in [5.74, 6) is -0.966. The molecule has 2 aromatic rings. The molecule has 1 N–H and O–H groups in total. The number of nitrogens with zero attached hydrogens (tertiary/aromatic N) is 1. The summed E-state index contributed by atoms with van der Waals surface area (Å²) in [7, 11) is 0. The van der Waals surface area contributed by atoms with Crippen LogP contribution in [0.5, 0.6) is 5.75 Å². The second-order valence-corrected chi connectivity index (χ2v) is 9.80. The Bertz CT molecular complexity index is 1160. The quantitative estimate of drug-likeness (QED) is 0.641. The number of hydrogen-bond acceptors (Lipinski definition) is 4. The van der Waals surface area contributed by atoms with E-state index in [-0.39, 0.29) is 22.7 Å². The molecule has 0 bridgehead atoms. The molecule has 2 aromatic carbocycles. The number of aromatic hydroxyl groups is 1. The van der Waals surface area contributed by atoms with Gasteiger partial charge in [0.1, 0.15) is 11.5 Å². The third kappa shape index (κ3) is 2.75. The van der Waals surface area contributed by atoms with Crippen LogP contribution in [0.4, 0.5) is 0 Å². The first-order valence-corrected chi connectivity index (χ1v) is 10.5. The summed E-state index contributed by atoms with van der Waals surface area (Å²) in [5.41, 5.74) is 3.86. The van der Waals surface area contributed by atoms with Crippen molar-refractivity contribution in [1.82, 2.24) is 0 Å². The highest BCUT2D eigenvalue weighted by atomic mass is 79.9. The SMILES string of the molecule is CC1(C)CC(=O)C2C(=NC3=C(C(=O)c4ccccc43)[C@@H]2c2cc(Br)ccc2O)C1. The Labute approximate surface area is 177 Å². The Kier molecular flexibility index (Phi) is 3.97. The van der Waals surface area contributed by atoms with E-state index in [9.17, 15) is 14.7 Å². The van der Waals surface area contributed by atoms with Crippen molar-refractivity contribution >= 4 is 38.9 Å². The van der Waals surface area contributed by atoms with Crippen LogP contribution in [0.25, 0.3) is 5.70 Å². The number of Topliss-reactive ketones (excluding diaryl/α,β-unsaturated/α-hetero) is 2. The average molecular weight is 450 g/mol. The third-order valence-electron chi connectivity index (χ3n) is 6.17. The fourth-order valence-electron chi connectivity index (χ4n) is 5.03. The number of fused-ring (bicyclic) bond motifs is 3. The minimum absolute atomic E-state index is 0.0830. The number of carbonyl (C=O) groups is 2. The number of benzene rings is 2. The van der Waals surface area contributed by atoms with Crippen molar-refractivity contribution in [2.75, 3.05) is 0 Å². The normalized spacial score (nSPS) is 24.7. The molecule has 1 fully saturated rings. The van der Waals surface area contributed by atoms with Gasteiger partial charge in [0.05, 0.1) is 11.6 Å². The molecule has 0 amide bonds. The van der Waals surface area contributed by atoms with E-state index in [2.05, 4.69) is 29.8 Å². The standard InChI is InChI=1S/C24H20BrNO3/c1-24(2)10-16-20(18(28)11-24)19(15-9-12(25)7-8-17(15)27)21-22(26-16)13-5-3-4-6-14(13)23(21)29/h3-9,19-20,27H,10-11H2,1-2H3/t19-,20?/m1/s1. The summed E-state index contributed by atoms with van der Waals surface area (Å²) < 4.78 is 0.795. The molecule has 0 aromatic heterocycles. The maximum Gasteiger partial charge on any atom is 0.192 e. The molecule has 0 spiro atoms. The van der Waals surface area contributed by atoms with Gasteiger partial charge in [-0.15, -0.1) is 0 Å². The number of carbonyl (C=O) groups excluding carboxylic acids is 2. The minimum Gasteiger partial charge on any atom is -0.508 e. The van der Waals surface area contributed by atoms with E-state index >= 15 is 0 Å². The number of rotatable bonds is 1. The van der Waals surface area contributed by atoms with Gasteiger partial charge < -0.3 is 5.11 Å². The fraction of sp³-hybridized carbons (Fsp3) is 0.292. The van der Waals surface area contributed by atoms with E-state index in [1.165, 1.54) is 0 Å². The number of phenols is 1. The molecule has 1 saturated carbocycles. The first kappa shape index (κ1) is 18.5. The number of hydrogen-bond donors (Lipinski definition) is 1.